The minimum absolute atomic E-state index is 0.161. The number of allylic oxidation sites excluding steroid dienone is 1. The fourth-order valence-corrected chi connectivity index (χ4v) is 9.07. The zero-order valence-corrected chi connectivity index (χ0v) is 37.0. The van der Waals surface area contributed by atoms with Gasteiger partial charge < -0.3 is 0 Å². The van der Waals surface area contributed by atoms with E-state index >= 15 is 0 Å². The third kappa shape index (κ3) is 8.66. The van der Waals surface area contributed by atoms with Crippen LogP contribution >= 0.6 is 0 Å². The highest BCUT2D eigenvalue weighted by atomic mass is 15.0. The third-order valence-electron chi connectivity index (χ3n) is 12.6. The summed E-state index contributed by atoms with van der Waals surface area (Å²) in [6, 6.07) is 80.5. The van der Waals surface area contributed by atoms with Crippen molar-refractivity contribution in [3.8, 4) is 78.8 Å². The van der Waals surface area contributed by atoms with E-state index < -0.39 is 0 Å². The minimum atomic E-state index is 0.161. The van der Waals surface area contributed by atoms with E-state index in [0.717, 1.165) is 72.7 Å². The molecule has 2 unspecified atom stereocenters. The van der Waals surface area contributed by atoms with Crippen LogP contribution in [-0.4, -0.2) is 25.6 Å². The normalized spacial score (nSPS) is 14.5. The van der Waals surface area contributed by atoms with Crippen LogP contribution in [0.25, 0.3) is 84.5 Å². The average Bonchev–Trinajstić information content (AvgIpc) is 3.42. The molecule has 0 saturated heterocycles. The molecule has 2 aromatic heterocycles. The van der Waals surface area contributed by atoms with Crippen molar-refractivity contribution in [2.24, 2.45) is 10.9 Å². The van der Waals surface area contributed by atoms with E-state index in [0.29, 0.717) is 17.5 Å². The summed E-state index contributed by atoms with van der Waals surface area (Å²) < 4.78 is 0. The first-order chi connectivity index (χ1) is 33.1. The Bertz CT molecular complexity index is 3310. The van der Waals surface area contributed by atoms with E-state index in [1.165, 1.54) is 16.7 Å². The van der Waals surface area contributed by atoms with E-state index in [1.54, 1.807) is 0 Å². The number of nitrogens with zero attached hydrogens (tertiary/aromatic N) is 5. The Kier molecular flexibility index (Phi) is 11.3. The zero-order valence-electron chi connectivity index (χ0n) is 37.0. The predicted molar refractivity (Wildman–Crippen MR) is 275 cm³/mol. The van der Waals surface area contributed by atoms with Gasteiger partial charge in [0.25, 0.3) is 0 Å². The Balaban J connectivity index is 0.943. The van der Waals surface area contributed by atoms with E-state index in [2.05, 4.69) is 171 Å². The van der Waals surface area contributed by atoms with Crippen molar-refractivity contribution in [1.82, 2.24) is 19.9 Å². The maximum absolute atomic E-state index is 5.44. The monoisotopic (exact) mass is 859 g/mol. The largest absolute Gasteiger partial charge is 0.256 e. The number of hydrogen-bond acceptors (Lipinski definition) is 5. The van der Waals surface area contributed by atoms with Crippen LogP contribution in [0, 0.1) is 5.92 Å². The van der Waals surface area contributed by atoms with Gasteiger partial charge in [-0.05, 0) is 74.8 Å². The molecule has 11 rings (SSSR count). The summed E-state index contributed by atoms with van der Waals surface area (Å²) in [5.74, 6) is 2.22. The molecule has 318 valence electrons. The van der Waals surface area contributed by atoms with Gasteiger partial charge in [0, 0.05) is 45.8 Å². The first kappa shape index (κ1) is 41.1. The van der Waals surface area contributed by atoms with Crippen molar-refractivity contribution in [2.75, 3.05) is 0 Å². The first-order valence-corrected chi connectivity index (χ1v) is 22.8. The SMILES string of the molecule is CC1C(c2ccc(-c3ccc(-c4ccccn4)c(-c4ccc(-c5nc(-c6ccccc6)nc(-c6ccccc6)n5)cc4)c3)cc2)=NC(c2cccc(-c3ccccc3)c2)=CC1c1ccccc1. The maximum Gasteiger partial charge on any atom is 0.164 e. The maximum atomic E-state index is 5.44. The lowest BCUT2D eigenvalue weighted by molar-refractivity contribution is 0.672. The van der Waals surface area contributed by atoms with Gasteiger partial charge in [-0.3, -0.25) is 9.98 Å². The van der Waals surface area contributed by atoms with Gasteiger partial charge in [-0.1, -0.05) is 213 Å². The van der Waals surface area contributed by atoms with Crippen molar-refractivity contribution >= 4 is 11.4 Å². The van der Waals surface area contributed by atoms with Crippen LogP contribution in [0.5, 0.6) is 0 Å². The summed E-state index contributed by atoms with van der Waals surface area (Å²) in [7, 11) is 0. The molecule has 0 N–H and O–H groups in total. The highest BCUT2D eigenvalue weighted by Gasteiger charge is 2.28. The molecule has 0 fully saturated rings. The van der Waals surface area contributed by atoms with Gasteiger partial charge in [0.2, 0.25) is 0 Å². The van der Waals surface area contributed by atoms with Crippen molar-refractivity contribution in [3.63, 3.8) is 0 Å². The van der Waals surface area contributed by atoms with E-state index in [-0.39, 0.29) is 11.8 Å². The molecule has 5 nitrogen and oxygen atoms in total. The third-order valence-corrected chi connectivity index (χ3v) is 12.6. The van der Waals surface area contributed by atoms with Crippen LogP contribution in [0.15, 0.2) is 248 Å². The van der Waals surface area contributed by atoms with Crippen LogP contribution in [0.1, 0.15) is 29.5 Å². The highest BCUT2D eigenvalue weighted by Crippen LogP contribution is 2.40. The van der Waals surface area contributed by atoms with Gasteiger partial charge in [-0.15, -0.1) is 0 Å². The lowest BCUT2D eigenvalue weighted by atomic mass is 9.79. The second-order valence-electron chi connectivity index (χ2n) is 16.9. The number of pyridine rings is 1. The average molecular weight is 860 g/mol. The predicted octanol–water partition coefficient (Wildman–Crippen LogP) is 15.2. The smallest absolute Gasteiger partial charge is 0.164 e. The molecule has 67 heavy (non-hydrogen) atoms. The summed E-state index contributed by atoms with van der Waals surface area (Å²) >= 11 is 0. The summed E-state index contributed by atoms with van der Waals surface area (Å²) in [4.78, 5) is 25.1. The Morgan fingerprint density at radius 2 is 0.806 bits per heavy atom. The molecular formula is C62H45N5. The first-order valence-electron chi connectivity index (χ1n) is 22.8. The second-order valence-corrected chi connectivity index (χ2v) is 16.9. The van der Waals surface area contributed by atoms with Gasteiger partial charge in [0.15, 0.2) is 17.5 Å². The molecule has 5 heteroatoms. The van der Waals surface area contributed by atoms with Crippen LogP contribution in [0.4, 0.5) is 0 Å². The van der Waals surface area contributed by atoms with Crippen LogP contribution in [-0.2, 0) is 0 Å². The van der Waals surface area contributed by atoms with Crippen LogP contribution < -0.4 is 0 Å². The van der Waals surface area contributed by atoms with Gasteiger partial charge in [-0.25, -0.2) is 15.0 Å². The summed E-state index contributed by atoms with van der Waals surface area (Å²) in [6.45, 7) is 2.30. The Morgan fingerprint density at radius 1 is 0.343 bits per heavy atom. The molecule has 0 spiro atoms. The molecule has 2 atom stereocenters. The Morgan fingerprint density at radius 3 is 1.42 bits per heavy atom. The minimum Gasteiger partial charge on any atom is -0.256 e. The van der Waals surface area contributed by atoms with E-state index in [1.807, 2.05) is 79.0 Å². The van der Waals surface area contributed by atoms with Gasteiger partial charge in [0.05, 0.1) is 17.1 Å². The standard InChI is InChI=1S/C62H45N5/c1-42-55(45-19-8-3-9-20-45)41-58(53-26-16-25-51(39-53)43-17-6-2-7-18-43)64-59(42)47-32-28-44(29-33-47)52-36-37-54(57-27-14-15-38-63-57)56(40-52)46-30-34-50(35-31-46)62-66-60(48-21-10-4-11-22-48)65-61(67-62)49-23-12-5-13-24-49/h2-42,55H,1H3. The number of hydrogen-bond donors (Lipinski definition) is 0. The summed E-state index contributed by atoms with van der Waals surface area (Å²) in [6.07, 6.45) is 4.20. The molecule has 1 aliphatic heterocycles. The fourth-order valence-electron chi connectivity index (χ4n) is 9.07. The zero-order chi connectivity index (χ0) is 44.9. The fraction of sp³-hybridized carbons (Fsp3) is 0.0484. The molecule has 3 heterocycles. The molecule has 0 saturated carbocycles. The molecule has 10 aromatic rings. The second kappa shape index (κ2) is 18.4. The molecule has 8 aromatic carbocycles. The lowest BCUT2D eigenvalue weighted by Crippen LogP contribution is -2.23. The van der Waals surface area contributed by atoms with Gasteiger partial charge >= 0.3 is 0 Å². The van der Waals surface area contributed by atoms with Gasteiger partial charge in [0.1, 0.15) is 0 Å². The quantitative estimate of drug-likeness (QED) is 0.137. The Hall–Kier alpha value is -8.67. The van der Waals surface area contributed by atoms with Crippen molar-refractivity contribution < 1.29 is 0 Å². The molecular weight excluding hydrogens is 815 g/mol. The number of rotatable bonds is 10. The van der Waals surface area contributed by atoms with Crippen molar-refractivity contribution in [3.05, 3.63) is 259 Å². The summed E-state index contributed by atoms with van der Waals surface area (Å²) in [5.41, 5.74) is 17.1. The van der Waals surface area contributed by atoms with Crippen LogP contribution in [0.2, 0.25) is 0 Å². The topological polar surface area (TPSA) is 63.9 Å². The molecule has 1 aliphatic rings. The van der Waals surface area contributed by atoms with Crippen LogP contribution in [0.3, 0.4) is 0 Å². The highest BCUT2D eigenvalue weighted by molar-refractivity contribution is 6.07. The molecule has 0 amide bonds. The number of benzene rings is 8. The van der Waals surface area contributed by atoms with Crippen molar-refractivity contribution in [2.45, 2.75) is 12.8 Å². The Labute approximate surface area is 391 Å². The lowest BCUT2D eigenvalue weighted by Gasteiger charge is -2.29. The van der Waals surface area contributed by atoms with E-state index in [9.17, 15) is 0 Å². The molecule has 0 radical (unpaired) electrons. The molecule has 0 bridgehead atoms. The van der Waals surface area contributed by atoms with Gasteiger partial charge in [-0.2, -0.15) is 0 Å². The number of aliphatic imine (C=N–C) groups is 1. The summed E-state index contributed by atoms with van der Waals surface area (Å²) in [5, 5.41) is 0. The van der Waals surface area contributed by atoms with Crippen molar-refractivity contribution in [1.29, 1.82) is 0 Å². The van der Waals surface area contributed by atoms with E-state index in [4.69, 9.17) is 24.9 Å². The number of aromatic nitrogens is 4. The molecule has 0 aliphatic carbocycles.